The molecule has 2 nitrogen and oxygen atoms in total. The molecule has 0 aliphatic carbocycles. The van der Waals surface area contributed by atoms with E-state index in [2.05, 4.69) is 42.4 Å². The van der Waals surface area contributed by atoms with E-state index in [0.717, 1.165) is 18.0 Å². The van der Waals surface area contributed by atoms with E-state index in [1.54, 1.807) is 0 Å². The van der Waals surface area contributed by atoms with Crippen LogP contribution in [0.1, 0.15) is 38.8 Å². The van der Waals surface area contributed by atoms with Crippen LogP contribution in [0.25, 0.3) is 0 Å². The van der Waals surface area contributed by atoms with Crippen LogP contribution in [0.15, 0.2) is 31.0 Å². The normalized spacial score (nSPS) is 18.8. The van der Waals surface area contributed by atoms with Crippen LogP contribution >= 0.6 is 0 Å². The molecule has 0 amide bonds. The van der Waals surface area contributed by atoms with Crippen LogP contribution in [-0.4, -0.2) is 18.1 Å². The monoisotopic (exact) mass is 246 g/mol. The molecule has 0 N–H and O–H groups in total. The summed E-state index contributed by atoms with van der Waals surface area (Å²) in [5.41, 5.74) is 2.38. The average molecular weight is 246 g/mol. The van der Waals surface area contributed by atoms with E-state index in [1.165, 1.54) is 31.6 Å². The quantitative estimate of drug-likeness (QED) is 0.727. The highest BCUT2D eigenvalue weighted by Crippen LogP contribution is 2.21. The molecule has 2 rings (SSSR count). The second-order valence-corrected chi connectivity index (χ2v) is 5.05. The molecule has 100 valence electrons. The Morgan fingerprint density at radius 1 is 1.50 bits per heavy atom. The lowest BCUT2D eigenvalue weighted by atomic mass is 10.00. The number of hydrogen-bond donors (Lipinski definition) is 0. The van der Waals surface area contributed by atoms with Gasteiger partial charge in [0.2, 0.25) is 0 Å². The molecule has 1 aliphatic heterocycles. The van der Waals surface area contributed by atoms with Gasteiger partial charge in [-0.05, 0) is 44.2 Å². The maximum absolute atomic E-state index is 4.34. The fourth-order valence-corrected chi connectivity index (χ4v) is 2.07. The predicted octanol–water partition coefficient (Wildman–Crippen LogP) is 4.21. The number of aryl methyl sites for hydroxylation is 1. The lowest BCUT2D eigenvalue weighted by Gasteiger charge is -2.32. The number of nitrogens with zero attached hydrogens (tertiary/aromatic N) is 2. The van der Waals surface area contributed by atoms with Crippen molar-refractivity contribution in [2.75, 3.05) is 18.0 Å². The second kappa shape index (κ2) is 7.91. The third-order valence-corrected chi connectivity index (χ3v) is 3.21. The van der Waals surface area contributed by atoms with E-state index in [1.807, 2.05) is 19.2 Å². The van der Waals surface area contributed by atoms with Crippen molar-refractivity contribution in [1.82, 2.24) is 4.98 Å². The Morgan fingerprint density at radius 2 is 2.22 bits per heavy atom. The average Bonchev–Trinajstić information content (AvgIpc) is 2.40. The molecular weight excluding hydrogens is 220 g/mol. The minimum Gasteiger partial charge on any atom is -0.370 e. The topological polar surface area (TPSA) is 16.1 Å². The first-order valence-electron chi connectivity index (χ1n) is 6.95. The van der Waals surface area contributed by atoms with E-state index in [4.69, 9.17) is 0 Å². The van der Waals surface area contributed by atoms with Crippen LogP contribution in [0.4, 0.5) is 5.69 Å². The Bertz CT molecular complexity index is 343. The molecule has 2 heterocycles. The van der Waals surface area contributed by atoms with Crippen molar-refractivity contribution in [3.8, 4) is 0 Å². The largest absolute Gasteiger partial charge is 0.370 e. The molecule has 1 aliphatic rings. The summed E-state index contributed by atoms with van der Waals surface area (Å²) in [6, 6.07) is 4.27. The van der Waals surface area contributed by atoms with Crippen molar-refractivity contribution in [3.63, 3.8) is 0 Å². The third kappa shape index (κ3) is 4.91. The number of rotatable bonds is 2. The van der Waals surface area contributed by atoms with Gasteiger partial charge in [0, 0.05) is 18.8 Å². The van der Waals surface area contributed by atoms with Gasteiger partial charge in [0.15, 0.2) is 0 Å². The Labute approximate surface area is 112 Å². The molecule has 1 aromatic heterocycles. The van der Waals surface area contributed by atoms with Gasteiger partial charge >= 0.3 is 0 Å². The highest BCUT2D eigenvalue weighted by Gasteiger charge is 2.16. The van der Waals surface area contributed by atoms with Gasteiger partial charge in [0.1, 0.15) is 0 Å². The first-order chi connectivity index (χ1) is 8.67. The molecule has 2 heteroatoms. The summed E-state index contributed by atoms with van der Waals surface area (Å²) in [6.45, 7) is 12.3. The van der Waals surface area contributed by atoms with Gasteiger partial charge in [0.25, 0.3) is 0 Å². The summed E-state index contributed by atoms with van der Waals surface area (Å²) < 4.78 is 0. The SMILES string of the molecule is C=CCC.Cc1ccc(N2CCCC(C)C2)cn1. The van der Waals surface area contributed by atoms with Gasteiger partial charge in [-0.15, -0.1) is 6.58 Å². The van der Waals surface area contributed by atoms with E-state index >= 15 is 0 Å². The lowest BCUT2D eigenvalue weighted by Crippen LogP contribution is -2.34. The van der Waals surface area contributed by atoms with Crippen molar-refractivity contribution in [1.29, 1.82) is 0 Å². The van der Waals surface area contributed by atoms with Gasteiger partial charge in [0.05, 0.1) is 11.9 Å². The van der Waals surface area contributed by atoms with Crippen molar-refractivity contribution in [2.45, 2.75) is 40.0 Å². The number of piperidine rings is 1. The zero-order valence-corrected chi connectivity index (χ0v) is 12.0. The molecular formula is C16H26N2. The fraction of sp³-hybridized carbons (Fsp3) is 0.562. The minimum absolute atomic E-state index is 0.824. The fourth-order valence-electron chi connectivity index (χ4n) is 2.07. The molecule has 0 radical (unpaired) electrons. The van der Waals surface area contributed by atoms with E-state index in [-0.39, 0.29) is 0 Å². The first kappa shape index (κ1) is 14.7. The van der Waals surface area contributed by atoms with Crippen molar-refractivity contribution < 1.29 is 0 Å². The molecule has 1 atom stereocenters. The highest BCUT2D eigenvalue weighted by atomic mass is 15.1. The van der Waals surface area contributed by atoms with E-state index in [0.29, 0.717) is 0 Å². The van der Waals surface area contributed by atoms with Crippen LogP contribution in [0.2, 0.25) is 0 Å². The van der Waals surface area contributed by atoms with Gasteiger partial charge < -0.3 is 4.90 Å². The molecule has 1 saturated heterocycles. The number of anilines is 1. The summed E-state index contributed by atoms with van der Waals surface area (Å²) >= 11 is 0. The second-order valence-electron chi connectivity index (χ2n) is 5.05. The molecule has 1 fully saturated rings. The van der Waals surface area contributed by atoms with Crippen molar-refractivity contribution >= 4 is 5.69 Å². The lowest BCUT2D eigenvalue weighted by molar-refractivity contribution is 0.446. The van der Waals surface area contributed by atoms with Gasteiger partial charge in [-0.3, -0.25) is 4.98 Å². The molecule has 18 heavy (non-hydrogen) atoms. The minimum atomic E-state index is 0.824. The number of hydrogen-bond acceptors (Lipinski definition) is 2. The molecule has 0 bridgehead atoms. The van der Waals surface area contributed by atoms with Crippen LogP contribution in [0.5, 0.6) is 0 Å². The smallest absolute Gasteiger partial charge is 0.0553 e. The summed E-state index contributed by atoms with van der Waals surface area (Å²) in [7, 11) is 0. The maximum atomic E-state index is 4.34. The Balaban J connectivity index is 0.000000357. The molecule has 1 unspecified atom stereocenters. The summed E-state index contributed by atoms with van der Waals surface area (Å²) in [5, 5.41) is 0. The number of allylic oxidation sites excluding steroid dienone is 1. The van der Waals surface area contributed by atoms with Gasteiger partial charge in [-0.1, -0.05) is 19.9 Å². The van der Waals surface area contributed by atoms with Crippen LogP contribution in [0, 0.1) is 12.8 Å². The third-order valence-electron chi connectivity index (χ3n) is 3.21. The van der Waals surface area contributed by atoms with Gasteiger partial charge in [-0.2, -0.15) is 0 Å². The Kier molecular flexibility index (Phi) is 6.48. The number of pyridine rings is 1. The molecule has 0 saturated carbocycles. The van der Waals surface area contributed by atoms with E-state index in [9.17, 15) is 0 Å². The first-order valence-corrected chi connectivity index (χ1v) is 6.95. The zero-order chi connectivity index (χ0) is 13.4. The molecule has 0 aromatic carbocycles. The Morgan fingerprint density at radius 3 is 2.72 bits per heavy atom. The summed E-state index contributed by atoms with van der Waals surface area (Å²) in [4.78, 5) is 6.78. The maximum Gasteiger partial charge on any atom is 0.0553 e. The summed E-state index contributed by atoms with van der Waals surface area (Å²) in [5.74, 6) is 0.824. The standard InChI is InChI=1S/C12H18N2.C4H8/c1-10-4-3-7-14(9-10)12-6-5-11(2)13-8-12;1-3-4-2/h5-6,8,10H,3-4,7,9H2,1-2H3;3H,1,4H2,2H3. The molecule has 1 aromatic rings. The summed E-state index contributed by atoms with van der Waals surface area (Å²) in [6.07, 6.45) is 7.64. The molecule has 0 spiro atoms. The van der Waals surface area contributed by atoms with E-state index < -0.39 is 0 Å². The highest BCUT2D eigenvalue weighted by molar-refractivity contribution is 5.44. The number of aromatic nitrogens is 1. The predicted molar refractivity (Wildman–Crippen MR) is 80.1 cm³/mol. The van der Waals surface area contributed by atoms with Crippen molar-refractivity contribution in [3.05, 3.63) is 36.7 Å². The van der Waals surface area contributed by atoms with Crippen molar-refractivity contribution in [2.24, 2.45) is 5.92 Å². The Hall–Kier alpha value is -1.31. The van der Waals surface area contributed by atoms with Crippen LogP contribution < -0.4 is 4.90 Å². The van der Waals surface area contributed by atoms with Gasteiger partial charge in [-0.25, -0.2) is 0 Å². The zero-order valence-electron chi connectivity index (χ0n) is 12.0. The van der Waals surface area contributed by atoms with Crippen LogP contribution in [-0.2, 0) is 0 Å². The van der Waals surface area contributed by atoms with Crippen LogP contribution in [0.3, 0.4) is 0 Å².